The van der Waals surface area contributed by atoms with Crippen LogP contribution in [-0.2, 0) is 11.2 Å². The lowest BCUT2D eigenvalue weighted by Gasteiger charge is -2.14. The summed E-state index contributed by atoms with van der Waals surface area (Å²) in [5.74, 6) is 0.183. The molecule has 0 aliphatic rings. The highest BCUT2D eigenvalue weighted by molar-refractivity contribution is 6.31. The van der Waals surface area contributed by atoms with Gasteiger partial charge in [-0.2, -0.15) is 0 Å². The minimum atomic E-state index is 0.183. The van der Waals surface area contributed by atoms with Gasteiger partial charge in [0.25, 0.3) is 0 Å². The Morgan fingerprint density at radius 1 is 1.26 bits per heavy atom. The van der Waals surface area contributed by atoms with Crippen molar-refractivity contribution >= 4 is 17.4 Å². The molecule has 3 heteroatoms. The van der Waals surface area contributed by atoms with E-state index < -0.39 is 0 Å². The zero-order chi connectivity index (χ0) is 14.2. The fourth-order valence-electron chi connectivity index (χ4n) is 2.49. The Hall–Kier alpha value is -1.54. The summed E-state index contributed by atoms with van der Waals surface area (Å²) in [6, 6.07) is 7.98. The Labute approximate surface area is 119 Å². The molecule has 19 heavy (non-hydrogen) atoms. The average molecular weight is 276 g/mol. The Balaban J connectivity index is 2.60. The number of rotatable bonds is 3. The minimum absolute atomic E-state index is 0.183. The van der Waals surface area contributed by atoms with Crippen LogP contribution < -0.4 is 0 Å². The number of hydrogen-bond donors (Lipinski definition) is 0. The molecular formula is C16H18ClNO. The van der Waals surface area contributed by atoms with Crippen LogP contribution in [0.2, 0.25) is 5.02 Å². The lowest BCUT2D eigenvalue weighted by molar-refractivity contribution is -0.116. The van der Waals surface area contributed by atoms with Crippen LogP contribution in [0.15, 0.2) is 24.3 Å². The summed E-state index contributed by atoms with van der Waals surface area (Å²) in [6.07, 6.45) is 0.485. The van der Waals surface area contributed by atoms with Gasteiger partial charge in [-0.15, -0.1) is 0 Å². The van der Waals surface area contributed by atoms with Gasteiger partial charge < -0.3 is 4.57 Å². The summed E-state index contributed by atoms with van der Waals surface area (Å²) in [5.41, 5.74) is 5.46. The number of carbonyl (C=O) groups is 1. The maximum absolute atomic E-state index is 11.3. The van der Waals surface area contributed by atoms with Crippen molar-refractivity contribution < 1.29 is 4.79 Å². The highest BCUT2D eigenvalue weighted by Crippen LogP contribution is 2.27. The summed E-state index contributed by atoms with van der Waals surface area (Å²) in [4.78, 5) is 11.3. The zero-order valence-corrected chi connectivity index (χ0v) is 12.5. The van der Waals surface area contributed by atoms with Gasteiger partial charge in [0.15, 0.2) is 0 Å². The van der Waals surface area contributed by atoms with Crippen molar-refractivity contribution in [2.75, 3.05) is 0 Å². The smallest absolute Gasteiger partial charge is 0.134 e. The fraction of sp³-hybridized carbons (Fsp3) is 0.312. The molecule has 100 valence electrons. The van der Waals surface area contributed by atoms with Gasteiger partial charge in [0.1, 0.15) is 5.78 Å². The van der Waals surface area contributed by atoms with E-state index in [2.05, 4.69) is 23.6 Å². The summed E-state index contributed by atoms with van der Waals surface area (Å²) < 4.78 is 2.17. The van der Waals surface area contributed by atoms with E-state index in [9.17, 15) is 4.79 Å². The van der Waals surface area contributed by atoms with Crippen molar-refractivity contribution in [2.24, 2.45) is 0 Å². The molecule has 0 atom stereocenters. The van der Waals surface area contributed by atoms with E-state index in [4.69, 9.17) is 11.6 Å². The summed E-state index contributed by atoms with van der Waals surface area (Å²) in [5, 5.41) is 0.762. The number of aromatic nitrogens is 1. The first-order valence-electron chi connectivity index (χ1n) is 6.34. The quantitative estimate of drug-likeness (QED) is 0.823. The van der Waals surface area contributed by atoms with Crippen LogP contribution in [0, 0.1) is 20.8 Å². The Morgan fingerprint density at radius 2 is 1.95 bits per heavy atom. The van der Waals surface area contributed by atoms with E-state index in [-0.39, 0.29) is 5.78 Å². The summed E-state index contributed by atoms with van der Waals surface area (Å²) >= 11 is 6.19. The van der Waals surface area contributed by atoms with Gasteiger partial charge in [-0.05, 0) is 57.0 Å². The van der Waals surface area contributed by atoms with Crippen LogP contribution in [0.25, 0.3) is 5.69 Å². The van der Waals surface area contributed by atoms with Gasteiger partial charge in [0, 0.05) is 28.5 Å². The van der Waals surface area contributed by atoms with Crippen molar-refractivity contribution in [3.8, 4) is 5.69 Å². The van der Waals surface area contributed by atoms with Crippen LogP contribution in [0.5, 0.6) is 0 Å². The first kappa shape index (κ1) is 13.9. The highest BCUT2D eigenvalue weighted by Gasteiger charge is 2.14. The molecule has 1 aromatic heterocycles. The van der Waals surface area contributed by atoms with E-state index in [0.717, 1.165) is 33.2 Å². The Kier molecular flexibility index (Phi) is 3.81. The maximum Gasteiger partial charge on any atom is 0.134 e. The third-order valence-corrected chi connectivity index (χ3v) is 3.86. The van der Waals surface area contributed by atoms with Gasteiger partial charge in [-0.25, -0.2) is 0 Å². The lowest BCUT2D eigenvalue weighted by atomic mass is 10.1. The lowest BCUT2D eigenvalue weighted by Crippen LogP contribution is -2.03. The Bertz CT molecular complexity index is 640. The van der Waals surface area contributed by atoms with Crippen molar-refractivity contribution in [3.63, 3.8) is 0 Å². The number of Topliss-reactive ketones (excluding diaryl/α,β-unsaturated/α-hetero) is 1. The molecule has 0 spiro atoms. The van der Waals surface area contributed by atoms with Crippen LogP contribution in [-0.4, -0.2) is 10.4 Å². The molecule has 0 fully saturated rings. The SMILES string of the molecule is CC(=O)Cc1cc(C)n(-c2cccc(Cl)c2C)c1C. The van der Waals surface area contributed by atoms with Crippen LogP contribution >= 0.6 is 11.6 Å². The normalized spacial score (nSPS) is 10.8. The first-order valence-corrected chi connectivity index (χ1v) is 6.72. The molecule has 2 aromatic rings. The second kappa shape index (κ2) is 5.22. The highest BCUT2D eigenvalue weighted by atomic mass is 35.5. The number of aryl methyl sites for hydroxylation is 1. The maximum atomic E-state index is 11.3. The van der Waals surface area contributed by atoms with Gasteiger partial charge >= 0.3 is 0 Å². The van der Waals surface area contributed by atoms with E-state index in [1.807, 2.05) is 26.0 Å². The molecular weight excluding hydrogens is 258 g/mol. The monoisotopic (exact) mass is 275 g/mol. The molecule has 0 aliphatic carbocycles. The van der Waals surface area contributed by atoms with Crippen molar-refractivity contribution in [2.45, 2.75) is 34.1 Å². The van der Waals surface area contributed by atoms with Crippen molar-refractivity contribution in [1.82, 2.24) is 4.57 Å². The van der Waals surface area contributed by atoms with E-state index in [1.54, 1.807) is 6.92 Å². The molecule has 0 radical (unpaired) electrons. The Morgan fingerprint density at radius 3 is 2.58 bits per heavy atom. The second-order valence-electron chi connectivity index (χ2n) is 4.99. The van der Waals surface area contributed by atoms with E-state index in [1.165, 1.54) is 0 Å². The second-order valence-corrected chi connectivity index (χ2v) is 5.40. The predicted octanol–water partition coefficient (Wildman–Crippen LogP) is 4.19. The molecule has 0 bridgehead atoms. The largest absolute Gasteiger partial charge is 0.318 e. The first-order chi connectivity index (χ1) is 8.91. The zero-order valence-electron chi connectivity index (χ0n) is 11.7. The predicted molar refractivity (Wildman–Crippen MR) is 79.4 cm³/mol. The number of ketones is 1. The average Bonchev–Trinajstić information content (AvgIpc) is 2.58. The number of benzene rings is 1. The molecule has 0 N–H and O–H groups in total. The molecule has 0 aliphatic heterocycles. The van der Waals surface area contributed by atoms with Crippen LogP contribution in [0.3, 0.4) is 0 Å². The third kappa shape index (κ3) is 2.59. The molecule has 0 amide bonds. The van der Waals surface area contributed by atoms with Gasteiger partial charge in [0.05, 0.1) is 0 Å². The molecule has 1 heterocycles. The number of hydrogen-bond acceptors (Lipinski definition) is 1. The number of carbonyl (C=O) groups excluding carboxylic acids is 1. The number of halogens is 1. The summed E-state index contributed by atoms with van der Waals surface area (Å²) in [7, 11) is 0. The van der Waals surface area contributed by atoms with Crippen molar-refractivity contribution in [1.29, 1.82) is 0 Å². The molecule has 0 unspecified atom stereocenters. The van der Waals surface area contributed by atoms with Gasteiger partial charge in [-0.3, -0.25) is 4.79 Å². The van der Waals surface area contributed by atoms with Gasteiger partial charge in [0.2, 0.25) is 0 Å². The molecule has 0 saturated heterocycles. The van der Waals surface area contributed by atoms with Crippen LogP contribution in [0.4, 0.5) is 0 Å². The van der Waals surface area contributed by atoms with Crippen molar-refractivity contribution in [3.05, 3.63) is 51.8 Å². The molecule has 2 nitrogen and oxygen atoms in total. The number of nitrogens with zero attached hydrogens (tertiary/aromatic N) is 1. The van der Waals surface area contributed by atoms with Gasteiger partial charge in [-0.1, -0.05) is 17.7 Å². The van der Waals surface area contributed by atoms with E-state index >= 15 is 0 Å². The minimum Gasteiger partial charge on any atom is -0.318 e. The summed E-state index contributed by atoms with van der Waals surface area (Å²) in [6.45, 7) is 7.74. The topological polar surface area (TPSA) is 22.0 Å². The molecule has 1 aromatic carbocycles. The fourth-order valence-corrected chi connectivity index (χ4v) is 2.65. The van der Waals surface area contributed by atoms with Crippen LogP contribution in [0.1, 0.15) is 29.4 Å². The molecule has 2 rings (SSSR count). The standard InChI is InChI=1S/C16H18ClNO/c1-10-8-14(9-11(2)19)13(4)18(10)16-7-5-6-15(17)12(16)3/h5-8H,9H2,1-4H3. The molecule has 0 saturated carbocycles. The third-order valence-electron chi connectivity index (χ3n) is 3.46. The van der Waals surface area contributed by atoms with E-state index in [0.29, 0.717) is 6.42 Å².